The molecule has 0 aliphatic carbocycles. The van der Waals surface area contributed by atoms with Gasteiger partial charge in [-0.25, -0.2) is 9.97 Å². The Morgan fingerprint density at radius 3 is 2.67 bits per heavy atom. The van der Waals surface area contributed by atoms with E-state index in [2.05, 4.69) is 25.9 Å². The van der Waals surface area contributed by atoms with E-state index in [-0.39, 0.29) is 0 Å². The van der Waals surface area contributed by atoms with E-state index in [1.807, 2.05) is 11.9 Å². The highest BCUT2D eigenvalue weighted by atomic mass is 79.9. The summed E-state index contributed by atoms with van der Waals surface area (Å²) in [5.41, 5.74) is 4.85. The highest BCUT2D eigenvalue weighted by molar-refractivity contribution is 9.10. The van der Waals surface area contributed by atoms with E-state index < -0.39 is 5.60 Å². The standard InChI is InChI=1S/C9H15BrN4O/c1-9(2,15)4-14(3)8-6(10)7(11)12-5-13-8/h5,15H,4H2,1-3H3,(H2,11,12,13). The fourth-order valence-electron chi connectivity index (χ4n) is 1.30. The first-order valence-electron chi connectivity index (χ1n) is 4.51. The van der Waals surface area contributed by atoms with Crippen molar-refractivity contribution in [2.75, 3.05) is 24.2 Å². The van der Waals surface area contributed by atoms with Crippen LogP contribution in [0.25, 0.3) is 0 Å². The van der Waals surface area contributed by atoms with Crippen LogP contribution in [0.5, 0.6) is 0 Å². The summed E-state index contributed by atoms with van der Waals surface area (Å²) in [4.78, 5) is 9.77. The van der Waals surface area contributed by atoms with Crippen molar-refractivity contribution in [3.63, 3.8) is 0 Å². The average molecular weight is 275 g/mol. The van der Waals surface area contributed by atoms with Crippen LogP contribution in [0.4, 0.5) is 11.6 Å². The number of anilines is 2. The molecule has 0 saturated heterocycles. The highest BCUT2D eigenvalue weighted by Crippen LogP contribution is 2.27. The summed E-state index contributed by atoms with van der Waals surface area (Å²) in [6, 6.07) is 0. The molecule has 0 aliphatic heterocycles. The normalized spacial score (nSPS) is 11.5. The summed E-state index contributed by atoms with van der Waals surface area (Å²) >= 11 is 3.32. The molecule has 15 heavy (non-hydrogen) atoms. The van der Waals surface area contributed by atoms with E-state index in [1.165, 1.54) is 6.33 Å². The van der Waals surface area contributed by atoms with Crippen LogP contribution in [0.2, 0.25) is 0 Å². The van der Waals surface area contributed by atoms with Gasteiger partial charge < -0.3 is 15.7 Å². The predicted octanol–water partition coefficient (Wildman–Crippen LogP) is 1.03. The average Bonchev–Trinajstić information content (AvgIpc) is 2.06. The van der Waals surface area contributed by atoms with E-state index in [4.69, 9.17) is 5.73 Å². The van der Waals surface area contributed by atoms with Gasteiger partial charge in [-0.1, -0.05) is 0 Å². The SMILES string of the molecule is CN(CC(C)(C)O)c1ncnc(N)c1Br. The second-order valence-electron chi connectivity index (χ2n) is 4.06. The van der Waals surface area contributed by atoms with Gasteiger partial charge in [-0.3, -0.25) is 0 Å². The van der Waals surface area contributed by atoms with Gasteiger partial charge in [0.2, 0.25) is 0 Å². The third-order valence-electron chi connectivity index (χ3n) is 1.78. The number of nitrogen functional groups attached to an aromatic ring is 1. The Balaban J connectivity index is 2.92. The van der Waals surface area contributed by atoms with Crippen molar-refractivity contribution >= 4 is 27.6 Å². The van der Waals surface area contributed by atoms with Gasteiger partial charge in [0.05, 0.1) is 5.60 Å². The van der Waals surface area contributed by atoms with Gasteiger partial charge >= 0.3 is 0 Å². The summed E-state index contributed by atoms with van der Waals surface area (Å²) in [6.45, 7) is 3.94. The van der Waals surface area contributed by atoms with E-state index >= 15 is 0 Å². The number of nitrogens with zero attached hydrogens (tertiary/aromatic N) is 3. The topological polar surface area (TPSA) is 75.3 Å². The molecule has 0 spiro atoms. The molecule has 0 aliphatic rings. The van der Waals surface area contributed by atoms with Gasteiger partial charge in [0.15, 0.2) is 0 Å². The zero-order valence-electron chi connectivity index (χ0n) is 9.03. The van der Waals surface area contributed by atoms with Gasteiger partial charge in [-0.2, -0.15) is 0 Å². The summed E-state index contributed by atoms with van der Waals surface area (Å²) in [5, 5.41) is 9.68. The molecule has 0 fully saturated rings. The van der Waals surface area contributed by atoms with Crippen molar-refractivity contribution in [3.8, 4) is 0 Å². The molecular formula is C9H15BrN4O. The van der Waals surface area contributed by atoms with Crippen LogP contribution in [0.3, 0.4) is 0 Å². The Labute approximate surface area is 97.5 Å². The van der Waals surface area contributed by atoms with Crippen LogP contribution in [0.15, 0.2) is 10.8 Å². The largest absolute Gasteiger partial charge is 0.389 e. The molecule has 3 N–H and O–H groups in total. The zero-order chi connectivity index (χ0) is 11.6. The number of hydrogen-bond donors (Lipinski definition) is 2. The summed E-state index contributed by atoms with van der Waals surface area (Å²) in [5.74, 6) is 1.06. The molecule has 84 valence electrons. The second-order valence-corrected chi connectivity index (χ2v) is 4.86. The first-order valence-corrected chi connectivity index (χ1v) is 5.30. The summed E-state index contributed by atoms with van der Waals surface area (Å²) in [6.07, 6.45) is 1.40. The highest BCUT2D eigenvalue weighted by Gasteiger charge is 2.19. The van der Waals surface area contributed by atoms with Gasteiger partial charge in [0.1, 0.15) is 22.4 Å². The Morgan fingerprint density at radius 2 is 2.13 bits per heavy atom. The number of aliphatic hydroxyl groups is 1. The first kappa shape index (κ1) is 12.2. The molecule has 0 unspecified atom stereocenters. The van der Waals surface area contributed by atoms with Gasteiger partial charge in [-0.05, 0) is 29.8 Å². The molecule has 5 nitrogen and oxygen atoms in total. The molecule has 1 aromatic rings. The zero-order valence-corrected chi connectivity index (χ0v) is 10.6. The maximum Gasteiger partial charge on any atom is 0.148 e. The fraction of sp³-hybridized carbons (Fsp3) is 0.556. The third kappa shape index (κ3) is 3.32. The van der Waals surface area contributed by atoms with Crippen molar-refractivity contribution < 1.29 is 5.11 Å². The lowest BCUT2D eigenvalue weighted by molar-refractivity contribution is 0.0884. The molecular weight excluding hydrogens is 260 g/mol. The van der Waals surface area contributed by atoms with E-state index in [0.717, 1.165) is 0 Å². The lowest BCUT2D eigenvalue weighted by Gasteiger charge is -2.27. The maximum absolute atomic E-state index is 9.68. The number of aromatic nitrogens is 2. The van der Waals surface area contributed by atoms with Crippen LogP contribution >= 0.6 is 15.9 Å². The lowest BCUT2D eigenvalue weighted by atomic mass is 10.1. The van der Waals surface area contributed by atoms with Gasteiger partial charge in [-0.15, -0.1) is 0 Å². The minimum Gasteiger partial charge on any atom is -0.389 e. The van der Waals surface area contributed by atoms with E-state index in [1.54, 1.807) is 13.8 Å². The van der Waals surface area contributed by atoms with Crippen LogP contribution in [0, 0.1) is 0 Å². The molecule has 0 amide bonds. The Bertz CT molecular complexity index is 350. The number of hydrogen-bond acceptors (Lipinski definition) is 5. The Kier molecular flexibility index (Phi) is 3.51. The molecule has 1 aromatic heterocycles. The van der Waals surface area contributed by atoms with Crippen LogP contribution in [-0.4, -0.2) is 34.3 Å². The number of halogens is 1. The first-order chi connectivity index (χ1) is 6.81. The number of nitrogens with two attached hydrogens (primary N) is 1. The second kappa shape index (κ2) is 4.32. The molecule has 0 atom stereocenters. The van der Waals surface area contributed by atoms with Crippen molar-refractivity contribution in [1.29, 1.82) is 0 Å². The van der Waals surface area contributed by atoms with Crippen molar-refractivity contribution in [3.05, 3.63) is 10.8 Å². The number of rotatable bonds is 3. The molecule has 6 heteroatoms. The fourth-order valence-corrected chi connectivity index (χ4v) is 1.80. The van der Waals surface area contributed by atoms with Crippen LogP contribution < -0.4 is 10.6 Å². The quantitative estimate of drug-likeness (QED) is 0.861. The number of likely N-dealkylation sites (N-methyl/N-ethyl adjacent to an activating group) is 1. The third-order valence-corrected chi connectivity index (χ3v) is 2.54. The van der Waals surface area contributed by atoms with E-state index in [9.17, 15) is 5.11 Å². The Hall–Kier alpha value is -0.880. The predicted molar refractivity (Wildman–Crippen MR) is 63.7 cm³/mol. The Morgan fingerprint density at radius 1 is 1.53 bits per heavy atom. The van der Waals surface area contributed by atoms with Crippen LogP contribution in [0.1, 0.15) is 13.8 Å². The van der Waals surface area contributed by atoms with Gasteiger partial charge in [0.25, 0.3) is 0 Å². The van der Waals surface area contributed by atoms with Gasteiger partial charge in [0, 0.05) is 13.6 Å². The molecule has 0 saturated carbocycles. The minimum absolute atomic E-state index is 0.391. The molecule has 0 aromatic carbocycles. The lowest BCUT2D eigenvalue weighted by Crippen LogP contribution is -2.36. The molecule has 0 bridgehead atoms. The van der Waals surface area contributed by atoms with Crippen molar-refractivity contribution in [1.82, 2.24) is 9.97 Å². The minimum atomic E-state index is -0.784. The smallest absolute Gasteiger partial charge is 0.148 e. The molecule has 1 heterocycles. The molecule has 1 rings (SSSR count). The summed E-state index contributed by atoms with van der Waals surface area (Å²) in [7, 11) is 1.84. The van der Waals surface area contributed by atoms with E-state index in [0.29, 0.717) is 22.7 Å². The van der Waals surface area contributed by atoms with Crippen molar-refractivity contribution in [2.24, 2.45) is 0 Å². The molecule has 0 radical (unpaired) electrons. The van der Waals surface area contributed by atoms with Crippen LogP contribution in [-0.2, 0) is 0 Å². The maximum atomic E-state index is 9.68. The summed E-state index contributed by atoms with van der Waals surface area (Å²) < 4.78 is 0.650. The van der Waals surface area contributed by atoms with Crippen molar-refractivity contribution in [2.45, 2.75) is 19.4 Å². The monoisotopic (exact) mass is 274 g/mol.